The van der Waals surface area contributed by atoms with Crippen LogP contribution >= 0.6 is 31.9 Å². The molecular formula is C6H7Br2N3. The average molecular weight is 281 g/mol. The van der Waals surface area contributed by atoms with Crippen molar-refractivity contribution in [3.63, 3.8) is 0 Å². The highest BCUT2D eigenvalue weighted by Crippen LogP contribution is 2.11. The molecule has 2 N–H and O–H groups in total. The third kappa shape index (κ3) is 3.04. The second-order valence-corrected chi connectivity index (χ2v) is 3.01. The highest BCUT2D eigenvalue weighted by atomic mass is 79.9. The first kappa shape index (κ1) is 10.7. The van der Waals surface area contributed by atoms with E-state index >= 15 is 0 Å². The van der Waals surface area contributed by atoms with Crippen molar-refractivity contribution < 1.29 is 0 Å². The van der Waals surface area contributed by atoms with Gasteiger partial charge < -0.3 is 5.73 Å². The molecule has 0 atom stereocenters. The van der Waals surface area contributed by atoms with Crippen molar-refractivity contribution in [3.8, 4) is 6.07 Å². The number of halogens is 2. The molecule has 0 aromatic heterocycles. The number of aliphatic imine (C=N–C) groups is 1. The van der Waals surface area contributed by atoms with Gasteiger partial charge in [-0.25, -0.2) is 0 Å². The Morgan fingerprint density at radius 3 is 2.55 bits per heavy atom. The lowest BCUT2D eigenvalue weighted by Crippen LogP contribution is -2.06. The molecule has 5 heteroatoms. The lowest BCUT2D eigenvalue weighted by Gasteiger charge is -1.98. The van der Waals surface area contributed by atoms with Crippen LogP contribution in [-0.4, -0.2) is 18.1 Å². The highest BCUT2D eigenvalue weighted by Gasteiger charge is 2.04. The van der Waals surface area contributed by atoms with Gasteiger partial charge in [-0.2, -0.15) is 5.26 Å². The zero-order valence-corrected chi connectivity index (χ0v) is 9.11. The standard InChI is InChI=1S/C6H7Br2N3/c1-11-5(3-9)6(8)4(10)2-7/h2,10H2,1H3. The molecule has 60 valence electrons. The van der Waals surface area contributed by atoms with Gasteiger partial charge in [0.25, 0.3) is 0 Å². The Hall–Kier alpha value is -0.340. The van der Waals surface area contributed by atoms with Gasteiger partial charge in [0.2, 0.25) is 0 Å². The van der Waals surface area contributed by atoms with E-state index in [2.05, 4.69) is 36.9 Å². The first-order valence-corrected chi connectivity index (χ1v) is 4.66. The fourth-order valence-electron chi connectivity index (χ4n) is 0.408. The van der Waals surface area contributed by atoms with E-state index in [1.165, 1.54) is 0 Å². The minimum atomic E-state index is 0.307. The molecule has 0 heterocycles. The molecule has 0 aromatic rings. The number of rotatable bonds is 2. The Morgan fingerprint density at radius 1 is 1.73 bits per heavy atom. The van der Waals surface area contributed by atoms with E-state index in [4.69, 9.17) is 11.0 Å². The molecule has 0 saturated carbocycles. The topological polar surface area (TPSA) is 62.2 Å². The maximum Gasteiger partial charge on any atom is 0.151 e. The summed E-state index contributed by atoms with van der Waals surface area (Å²) in [5.74, 6) is 0. The van der Waals surface area contributed by atoms with Gasteiger partial charge in [-0.15, -0.1) is 0 Å². The molecule has 11 heavy (non-hydrogen) atoms. The van der Waals surface area contributed by atoms with Crippen LogP contribution in [0.5, 0.6) is 0 Å². The van der Waals surface area contributed by atoms with Gasteiger partial charge in [-0.05, 0) is 15.9 Å². The monoisotopic (exact) mass is 279 g/mol. The smallest absolute Gasteiger partial charge is 0.151 e. The van der Waals surface area contributed by atoms with Crippen LogP contribution in [0.1, 0.15) is 0 Å². The Morgan fingerprint density at radius 2 is 2.27 bits per heavy atom. The van der Waals surface area contributed by atoms with Crippen molar-refractivity contribution in [2.45, 2.75) is 0 Å². The molecule has 0 unspecified atom stereocenters. The second-order valence-electron chi connectivity index (χ2n) is 1.66. The Labute approximate surface area is 82.2 Å². The van der Waals surface area contributed by atoms with Crippen LogP contribution in [0.4, 0.5) is 0 Å². The van der Waals surface area contributed by atoms with Gasteiger partial charge in [-0.1, -0.05) is 15.9 Å². The summed E-state index contributed by atoms with van der Waals surface area (Å²) in [6.07, 6.45) is 0. The van der Waals surface area contributed by atoms with E-state index in [1.54, 1.807) is 7.05 Å². The molecule has 0 radical (unpaired) electrons. The van der Waals surface area contributed by atoms with E-state index in [-0.39, 0.29) is 0 Å². The summed E-state index contributed by atoms with van der Waals surface area (Å²) < 4.78 is 0.555. The second kappa shape index (κ2) is 5.33. The van der Waals surface area contributed by atoms with Crippen molar-refractivity contribution in [1.29, 1.82) is 5.26 Å². The lowest BCUT2D eigenvalue weighted by molar-refractivity contribution is 1.33. The minimum Gasteiger partial charge on any atom is -0.400 e. The van der Waals surface area contributed by atoms with E-state index in [0.717, 1.165) is 0 Å². The van der Waals surface area contributed by atoms with E-state index in [9.17, 15) is 0 Å². The van der Waals surface area contributed by atoms with E-state index in [1.807, 2.05) is 6.07 Å². The zero-order chi connectivity index (χ0) is 8.85. The van der Waals surface area contributed by atoms with Crippen LogP contribution in [0.2, 0.25) is 0 Å². The normalized spacial score (nSPS) is 13.8. The van der Waals surface area contributed by atoms with Gasteiger partial charge in [0.15, 0.2) is 5.71 Å². The molecule has 0 aliphatic carbocycles. The number of hydrogen-bond donors (Lipinski definition) is 1. The molecule has 0 fully saturated rings. The molecule has 0 bridgehead atoms. The van der Waals surface area contributed by atoms with E-state index in [0.29, 0.717) is 21.2 Å². The average Bonchev–Trinajstić information content (AvgIpc) is 2.05. The summed E-state index contributed by atoms with van der Waals surface area (Å²) >= 11 is 6.33. The van der Waals surface area contributed by atoms with Crippen molar-refractivity contribution in [2.24, 2.45) is 10.7 Å². The fourth-order valence-corrected chi connectivity index (χ4v) is 1.47. The third-order valence-corrected chi connectivity index (χ3v) is 2.45. The maximum atomic E-state index is 8.53. The lowest BCUT2D eigenvalue weighted by atomic mass is 10.3. The largest absolute Gasteiger partial charge is 0.400 e. The summed E-state index contributed by atoms with van der Waals surface area (Å²) in [7, 11) is 1.54. The van der Waals surface area contributed by atoms with Gasteiger partial charge in [-0.3, -0.25) is 4.99 Å². The summed E-state index contributed by atoms with van der Waals surface area (Å²) in [5.41, 5.74) is 6.39. The molecule has 0 rings (SSSR count). The van der Waals surface area contributed by atoms with Gasteiger partial charge in [0.1, 0.15) is 6.07 Å². The summed E-state index contributed by atoms with van der Waals surface area (Å²) in [5, 5.41) is 9.05. The molecule has 0 aliphatic heterocycles. The quantitative estimate of drug-likeness (QED) is 0.616. The van der Waals surface area contributed by atoms with Crippen molar-refractivity contribution >= 4 is 37.6 Å². The third-order valence-electron chi connectivity index (χ3n) is 0.963. The van der Waals surface area contributed by atoms with Crippen LogP contribution in [0.15, 0.2) is 15.2 Å². The number of allylic oxidation sites excluding steroid dienone is 2. The number of hydrogen-bond acceptors (Lipinski definition) is 3. The molecular weight excluding hydrogens is 274 g/mol. The first-order chi connectivity index (χ1) is 5.17. The predicted octanol–water partition coefficient (Wildman–Crippen LogP) is 1.54. The highest BCUT2D eigenvalue weighted by molar-refractivity contribution is 9.12. The Bertz CT molecular complexity index is 237. The number of nitrogens with two attached hydrogens (primary N) is 1. The van der Waals surface area contributed by atoms with Crippen LogP contribution in [0, 0.1) is 11.3 Å². The van der Waals surface area contributed by atoms with E-state index < -0.39 is 0 Å². The number of nitriles is 1. The van der Waals surface area contributed by atoms with Crippen LogP contribution in [0.3, 0.4) is 0 Å². The molecule has 0 spiro atoms. The number of alkyl halides is 1. The van der Waals surface area contributed by atoms with Gasteiger partial charge in [0.05, 0.1) is 4.48 Å². The van der Waals surface area contributed by atoms with Crippen molar-refractivity contribution in [3.05, 3.63) is 10.2 Å². The van der Waals surface area contributed by atoms with Crippen LogP contribution < -0.4 is 5.73 Å². The zero-order valence-electron chi connectivity index (χ0n) is 5.93. The Balaban J connectivity index is 4.75. The SMILES string of the molecule is CN=C(C#N)C(Br)=C(N)CBr. The van der Waals surface area contributed by atoms with Crippen molar-refractivity contribution in [1.82, 2.24) is 0 Å². The molecule has 0 amide bonds. The molecule has 0 aliphatic rings. The molecule has 3 nitrogen and oxygen atoms in total. The van der Waals surface area contributed by atoms with Gasteiger partial charge >= 0.3 is 0 Å². The van der Waals surface area contributed by atoms with Crippen LogP contribution in [-0.2, 0) is 0 Å². The summed E-state index contributed by atoms with van der Waals surface area (Å²) in [6, 6.07) is 1.91. The summed E-state index contributed by atoms with van der Waals surface area (Å²) in [6.45, 7) is 0. The summed E-state index contributed by atoms with van der Waals surface area (Å²) in [4.78, 5) is 3.73. The molecule has 0 aromatic carbocycles. The Kier molecular flexibility index (Phi) is 5.16. The van der Waals surface area contributed by atoms with Gasteiger partial charge in [0, 0.05) is 18.1 Å². The maximum absolute atomic E-state index is 8.53. The van der Waals surface area contributed by atoms with Crippen molar-refractivity contribution in [2.75, 3.05) is 12.4 Å². The first-order valence-electron chi connectivity index (χ1n) is 2.74. The predicted molar refractivity (Wildman–Crippen MR) is 52.9 cm³/mol. The minimum absolute atomic E-state index is 0.307. The fraction of sp³-hybridized carbons (Fsp3) is 0.333. The molecule has 0 saturated heterocycles. The van der Waals surface area contributed by atoms with Crippen LogP contribution in [0.25, 0.3) is 0 Å². The number of nitrogens with zero attached hydrogens (tertiary/aromatic N) is 2.